The minimum atomic E-state index is -3.85. The third kappa shape index (κ3) is 2.87. The first-order valence-electron chi connectivity index (χ1n) is 8.19. The summed E-state index contributed by atoms with van der Waals surface area (Å²) in [5.74, 6) is 0.398. The van der Waals surface area contributed by atoms with Crippen molar-refractivity contribution in [1.82, 2.24) is 4.31 Å². The molecule has 1 aliphatic heterocycles. The van der Waals surface area contributed by atoms with E-state index < -0.39 is 14.9 Å². The number of hydrogen-bond acceptors (Lipinski definition) is 4. The third-order valence-electron chi connectivity index (χ3n) is 5.15. The first-order chi connectivity index (χ1) is 10.9. The number of nitro benzene ring substituents is 1. The van der Waals surface area contributed by atoms with E-state index >= 15 is 0 Å². The Bertz CT molecular complexity index is 715. The fourth-order valence-corrected chi connectivity index (χ4v) is 6.23. The molecule has 0 spiro atoms. The van der Waals surface area contributed by atoms with E-state index in [4.69, 9.17) is 0 Å². The topological polar surface area (TPSA) is 80.5 Å². The number of nitro groups is 1. The van der Waals surface area contributed by atoms with Crippen molar-refractivity contribution in [3.8, 4) is 0 Å². The molecule has 2 fully saturated rings. The Kier molecular flexibility index (Phi) is 4.42. The maximum atomic E-state index is 13.2. The molecule has 1 saturated heterocycles. The normalized spacial score (nSPS) is 25.8. The number of sulfonamides is 1. The maximum Gasteiger partial charge on any atom is 0.289 e. The van der Waals surface area contributed by atoms with Crippen LogP contribution in [0.15, 0.2) is 23.1 Å². The van der Waals surface area contributed by atoms with Crippen molar-refractivity contribution < 1.29 is 13.3 Å². The SMILES string of the molecule is Cc1cccc([N+](=O)[O-])c1S(=O)(=O)N1CCCC2CCCCC21. The van der Waals surface area contributed by atoms with E-state index in [1.807, 2.05) is 0 Å². The minimum Gasteiger partial charge on any atom is -0.258 e. The molecule has 2 atom stereocenters. The Morgan fingerprint density at radius 1 is 1.17 bits per heavy atom. The molecule has 2 unspecified atom stereocenters. The molecule has 0 radical (unpaired) electrons. The van der Waals surface area contributed by atoms with Gasteiger partial charge in [-0.1, -0.05) is 25.0 Å². The van der Waals surface area contributed by atoms with Gasteiger partial charge >= 0.3 is 0 Å². The summed E-state index contributed by atoms with van der Waals surface area (Å²) in [6, 6.07) is 4.44. The molecule has 3 rings (SSSR count). The lowest BCUT2D eigenvalue weighted by Crippen LogP contribution is -2.49. The summed E-state index contributed by atoms with van der Waals surface area (Å²) in [4.78, 5) is 10.6. The van der Waals surface area contributed by atoms with Gasteiger partial charge in [0.1, 0.15) is 0 Å². The van der Waals surface area contributed by atoms with Crippen molar-refractivity contribution >= 4 is 15.7 Å². The van der Waals surface area contributed by atoms with Crippen LogP contribution in [-0.4, -0.2) is 30.2 Å². The van der Waals surface area contributed by atoms with Crippen LogP contribution in [0, 0.1) is 23.0 Å². The van der Waals surface area contributed by atoms with Crippen LogP contribution >= 0.6 is 0 Å². The molecule has 0 amide bonds. The summed E-state index contributed by atoms with van der Waals surface area (Å²) in [5.41, 5.74) is 0.125. The summed E-state index contributed by atoms with van der Waals surface area (Å²) < 4.78 is 28.0. The van der Waals surface area contributed by atoms with Gasteiger partial charge in [0.2, 0.25) is 10.0 Å². The zero-order valence-corrected chi connectivity index (χ0v) is 14.1. The van der Waals surface area contributed by atoms with Gasteiger partial charge in [-0.3, -0.25) is 10.1 Å². The molecule has 0 bridgehead atoms. The standard InChI is InChI=1S/C16H22N2O4S/c1-12-6-4-10-15(18(19)20)16(12)23(21,22)17-11-5-8-13-7-2-3-9-14(13)17/h4,6,10,13-14H,2-3,5,7-9,11H2,1H3. The molecule has 7 heteroatoms. The fraction of sp³-hybridized carbons (Fsp3) is 0.625. The highest BCUT2D eigenvalue weighted by atomic mass is 32.2. The maximum absolute atomic E-state index is 13.2. The van der Waals surface area contributed by atoms with E-state index in [1.165, 1.54) is 12.1 Å². The molecule has 1 aromatic rings. The largest absolute Gasteiger partial charge is 0.289 e. The predicted molar refractivity (Wildman–Crippen MR) is 86.7 cm³/mol. The highest BCUT2D eigenvalue weighted by Gasteiger charge is 2.42. The van der Waals surface area contributed by atoms with Crippen LogP contribution in [-0.2, 0) is 10.0 Å². The van der Waals surface area contributed by atoms with Crippen molar-refractivity contribution in [3.63, 3.8) is 0 Å². The van der Waals surface area contributed by atoms with Crippen LogP contribution < -0.4 is 0 Å². The summed E-state index contributed by atoms with van der Waals surface area (Å²) >= 11 is 0. The summed E-state index contributed by atoms with van der Waals surface area (Å²) in [7, 11) is -3.85. The predicted octanol–water partition coefficient (Wildman–Crippen LogP) is 3.25. The monoisotopic (exact) mass is 338 g/mol. The Morgan fingerprint density at radius 2 is 1.87 bits per heavy atom. The van der Waals surface area contributed by atoms with E-state index in [0.717, 1.165) is 38.5 Å². The smallest absolute Gasteiger partial charge is 0.258 e. The molecule has 1 aromatic carbocycles. The van der Waals surface area contributed by atoms with E-state index in [9.17, 15) is 18.5 Å². The number of piperidine rings is 1. The number of benzene rings is 1. The molecule has 23 heavy (non-hydrogen) atoms. The molecule has 6 nitrogen and oxygen atoms in total. The average molecular weight is 338 g/mol. The highest BCUT2D eigenvalue weighted by molar-refractivity contribution is 7.89. The van der Waals surface area contributed by atoms with E-state index in [1.54, 1.807) is 17.3 Å². The first-order valence-corrected chi connectivity index (χ1v) is 9.63. The summed E-state index contributed by atoms with van der Waals surface area (Å²) in [6.07, 6.45) is 6.01. The van der Waals surface area contributed by atoms with Crippen molar-refractivity contribution in [2.24, 2.45) is 5.92 Å². The highest BCUT2D eigenvalue weighted by Crippen LogP contribution is 2.40. The molecule has 2 aliphatic rings. The van der Waals surface area contributed by atoms with Gasteiger partial charge in [0.15, 0.2) is 4.90 Å². The van der Waals surface area contributed by atoms with E-state index in [-0.39, 0.29) is 16.6 Å². The Hall–Kier alpha value is -1.47. The van der Waals surface area contributed by atoms with Gasteiger partial charge in [-0.2, -0.15) is 4.31 Å². The fourth-order valence-electron chi connectivity index (χ4n) is 4.11. The number of fused-ring (bicyclic) bond motifs is 1. The molecular weight excluding hydrogens is 316 g/mol. The first kappa shape index (κ1) is 16.4. The quantitative estimate of drug-likeness (QED) is 0.626. The van der Waals surface area contributed by atoms with Crippen molar-refractivity contribution in [3.05, 3.63) is 33.9 Å². The lowest BCUT2D eigenvalue weighted by Gasteiger charge is -2.43. The Labute approximate surface area is 136 Å². The number of hydrogen-bond donors (Lipinski definition) is 0. The van der Waals surface area contributed by atoms with Gasteiger partial charge in [0.25, 0.3) is 5.69 Å². The van der Waals surface area contributed by atoms with Crippen molar-refractivity contribution in [1.29, 1.82) is 0 Å². The van der Waals surface area contributed by atoms with Gasteiger partial charge in [0, 0.05) is 18.7 Å². The van der Waals surface area contributed by atoms with Crippen LogP contribution in [0.4, 0.5) is 5.69 Å². The third-order valence-corrected chi connectivity index (χ3v) is 7.26. The van der Waals surface area contributed by atoms with Crippen LogP contribution in [0.2, 0.25) is 0 Å². The van der Waals surface area contributed by atoms with Gasteiger partial charge in [-0.15, -0.1) is 0 Å². The molecule has 126 valence electrons. The minimum absolute atomic E-state index is 0.00158. The average Bonchev–Trinajstić information content (AvgIpc) is 2.53. The molecule has 0 N–H and O–H groups in total. The number of aryl methyl sites for hydroxylation is 1. The Morgan fingerprint density at radius 3 is 2.61 bits per heavy atom. The van der Waals surface area contributed by atoms with Gasteiger partial charge < -0.3 is 0 Å². The van der Waals surface area contributed by atoms with E-state index in [0.29, 0.717) is 18.0 Å². The summed E-state index contributed by atoms with van der Waals surface area (Å²) in [6.45, 7) is 2.09. The van der Waals surface area contributed by atoms with Crippen LogP contribution in [0.5, 0.6) is 0 Å². The lowest BCUT2D eigenvalue weighted by molar-refractivity contribution is -0.388. The van der Waals surface area contributed by atoms with Crippen molar-refractivity contribution in [2.75, 3.05) is 6.54 Å². The Balaban J connectivity index is 2.06. The zero-order valence-electron chi connectivity index (χ0n) is 13.3. The number of rotatable bonds is 3. The number of nitrogens with zero attached hydrogens (tertiary/aromatic N) is 2. The van der Waals surface area contributed by atoms with Gasteiger partial charge in [-0.05, 0) is 44.1 Å². The second-order valence-corrected chi connectivity index (χ2v) is 8.38. The van der Waals surface area contributed by atoms with Crippen molar-refractivity contribution in [2.45, 2.75) is 56.4 Å². The van der Waals surface area contributed by atoms with Crippen LogP contribution in [0.1, 0.15) is 44.1 Å². The van der Waals surface area contributed by atoms with Crippen LogP contribution in [0.3, 0.4) is 0 Å². The van der Waals surface area contributed by atoms with Gasteiger partial charge in [0.05, 0.1) is 4.92 Å². The van der Waals surface area contributed by atoms with E-state index in [2.05, 4.69) is 0 Å². The molecular formula is C16H22N2O4S. The summed E-state index contributed by atoms with van der Waals surface area (Å²) in [5, 5.41) is 11.3. The molecule has 1 aliphatic carbocycles. The van der Waals surface area contributed by atoms with Crippen LogP contribution in [0.25, 0.3) is 0 Å². The lowest BCUT2D eigenvalue weighted by atomic mass is 9.79. The second kappa shape index (κ2) is 6.20. The zero-order chi connectivity index (χ0) is 16.6. The molecule has 0 aromatic heterocycles. The molecule has 1 saturated carbocycles. The molecule has 1 heterocycles. The second-order valence-electron chi connectivity index (χ2n) is 6.55. The van der Waals surface area contributed by atoms with Gasteiger partial charge in [-0.25, -0.2) is 8.42 Å².